The lowest BCUT2D eigenvalue weighted by Gasteiger charge is -2.08. The molecule has 0 radical (unpaired) electrons. The van der Waals surface area contributed by atoms with Gasteiger partial charge in [-0.25, -0.2) is 4.39 Å². The summed E-state index contributed by atoms with van der Waals surface area (Å²) in [6.07, 6.45) is 0.589. The van der Waals surface area contributed by atoms with E-state index in [1.54, 1.807) is 12.1 Å². The number of halogens is 1. The van der Waals surface area contributed by atoms with Gasteiger partial charge in [0.2, 0.25) is 17.6 Å². The Morgan fingerprint density at radius 1 is 1.00 bits per heavy atom. The zero-order valence-corrected chi connectivity index (χ0v) is 15.1. The Kier molecular flexibility index (Phi) is 5.10. The van der Waals surface area contributed by atoms with Crippen molar-refractivity contribution in [2.75, 3.05) is 0 Å². The molecule has 0 aliphatic carbocycles. The van der Waals surface area contributed by atoms with Gasteiger partial charge in [0, 0.05) is 24.9 Å². The van der Waals surface area contributed by atoms with E-state index in [1.165, 1.54) is 12.1 Å². The van der Waals surface area contributed by atoms with Crippen molar-refractivity contribution >= 4 is 16.7 Å². The number of nitrogens with one attached hydrogen (secondary N) is 1. The SMILES string of the molecule is O=C(CCc1nc(-c2ccc(F)cc2)no1)NCc1cccc2ccccc12. The van der Waals surface area contributed by atoms with Crippen LogP contribution in [0.25, 0.3) is 22.2 Å². The predicted molar refractivity (Wildman–Crippen MR) is 104 cm³/mol. The molecule has 1 aromatic heterocycles. The molecule has 1 heterocycles. The van der Waals surface area contributed by atoms with Crippen molar-refractivity contribution in [1.29, 1.82) is 0 Å². The van der Waals surface area contributed by atoms with Gasteiger partial charge in [0.1, 0.15) is 5.82 Å². The van der Waals surface area contributed by atoms with Gasteiger partial charge in [-0.15, -0.1) is 0 Å². The fourth-order valence-corrected chi connectivity index (χ4v) is 3.02. The van der Waals surface area contributed by atoms with Crippen molar-refractivity contribution in [2.24, 2.45) is 0 Å². The fraction of sp³-hybridized carbons (Fsp3) is 0.136. The van der Waals surface area contributed by atoms with Gasteiger partial charge < -0.3 is 9.84 Å². The summed E-state index contributed by atoms with van der Waals surface area (Å²) in [6, 6.07) is 20.0. The molecule has 5 nitrogen and oxygen atoms in total. The lowest BCUT2D eigenvalue weighted by Crippen LogP contribution is -2.23. The molecule has 0 aliphatic rings. The monoisotopic (exact) mass is 375 g/mol. The molecule has 0 fully saturated rings. The third-order valence-corrected chi connectivity index (χ3v) is 4.49. The summed E-state index contributed by atoms with van der Waals surface area (Å²) >= 11 is 0. The molecule has 4 rings (SSSR count). The summed E-state index contributed by atoms with van der Waals surface area (Å²) in [6.45, 7) is 0.463. The van der Waals surface area contributed by atoms with Crippen molar-refractivity contribution in [1.82, 2.24) is 15.5 Å². The first-order valence-corrected chi connectivity index (χ1v) is 9.01. The average molecular weight is 375 g/mol. The minimum absolute atomic E-state index is 0.0885. The van der Waals surface area contributed by atoms with E-state index < -0.39 is 0 Å². The standard InChI is InChI=1S/C22H18FN3O2/c23-18-10-8-16(9-11-18)22-25-21(28-26-22)13-12-20(27)24-14-17-6-3-5-15-4-1-2-7-19(15)17/h1-11H,12-14H2,(H,24,27). The number of benzene rings is 3. The van der Waals surface area contributed by atoms with Gasteiger partial charge in [-0.1, -0.05) is 47.6 Å². The molecule has 6 heteroatoms. The van der Waals surface area contributed by atoms with Crippen molar-refractivity contribution in [3.8, 4) is 11.4 Å². The number of hydrogen-bond donors (Lipinski definition) is 1. The fourth-order valence-electron chi connectivity index (χ4n) is 3.02. The molecule has 4 aromatic rings. The van der Waals surface area contributed by atoms with Gasteiger partial charge in [0.25, 0.3) is 0 Å². The molecule has 1 amide bonds. The van der Waals surface area contributed by atoms with E-state index >= 15 is 0 Å². The number of amides is 1. The molecule has 1 N–H and O–H groups in total. The first-order chi connectivity index (χ1) is 13.7. The highest BCUT2D eigenvalue weighted by molar-refractivity contribution is 5.86. The Bertz CT molecular complexity index is 1100. The van der Waals surface area contributed by atoms with E-state index in [4.69, 9.17) is 4.52 Å². The third kappa shape index (κ3) is 4.06. The highest BCUT2D eigenvalue weighted by atomic mass is 19.1. The second-order valence-corrected chi connectivity index (χ2v) is 6.43. The summed E-state index contributed by atoms with van der Waals surface area (Å²) in [7, 11) is 0. The van der Waals surface area contributed by atoms with Gasteiger partial charge in [-0.2, -0.15) is 4.98 Å². The maximum absolute atomic E-state index is 13.0. The van der Waals surface area contributed by atoms with Crippen LogP contribution >= 0.6 is 0 Å². The Morgan fingerprint density at radius 2 is 1.79 bits per heavy atom. The van der Waals surface area contributed by atoms with E-state index in [9.17, 15) is 9.18 Å². The van der Waals surface area contributed by atoms with Crippen molar-refractivity contribution in [2.45, 2.75) is 19.4 Å². The topological polar surface area (TPSA) is 68.0 Å². The Hall–Kier alpha value is -3.54. The minimum Gasteiger partial charge on any atom is -0.352 e. The minimum atomic E-state index is -0.324. The van der Waals surface area contributed by atoms with E-state index in [2.05, 4.69) is 27.6 Å². The largest absolute Gasteiger partial charge is 0.352 e. The summed E-state index contributed by atoms with van der Waals surface area (Å²) in [5.74, 6) is 0.343. The first-order valence-electron chi connectivity index (χ1n) is 9.01. The van der Waals surface area contributed by atoms with Gasteiger partial charge in [-0.3, -0.25) is 4.79 Å². The molecule has 0 unspecified atom stereocenters. The summed E-state index contributed by atoms with van der Waals surface area (Å²) in [4.78, 5) is 16.5. The lowest BCUT2D eigenvalue weighted by molar-refractivity contribution is -0.121. The van der Waals surface area contributed by atoms with Gasteiger partial charge in [0.05, 0.1) is 0 Å². The molecule has 0 bridgehead atoms. The first kappa shape index (κ1) is 17.9. The molecule has 140 valence electrons. The van der Waals surface area contributed by atoms with Crippen LogP contribution in [0, 0.1) is 5.82 Å². The van der Waals surface area contributed by atoms with Crippen molar-refractivity contribution < 1.29 is 13.7 Å². The molecule has 0 spiro atoms. The van der Waals surface area contributed by atoms with E-state index in [1.807, 2.05) is 30.3 Å². The van der Waals surface area contributed by atoms with Crippen LogP contribution in [-0.4, -0.2) is 16.0 Å². The van der Waals surface area contributed by atoms with Crippen LogP contribution in [0.2, 0.25) is 0 Å². The molecule has 0 saturated carbocycles. The second kappa shape index (κ2) is 8.00. The Morgan fingerprint density at radius 3 is 2.64 bits per heavy atom. The van der Waals surface area contributed by atoms with Crippen molar-refractivity contribution in [3.63, 3.8) is 0 Å². The van der Waals surface area contributed by atoms with Crippen LogP contribution < -0.4 is 5.32 Å². The number of nitrogens with zero attached hydrogens (tertiary/aromatic N) is 2. The Balaban J connectivity index is 1.33. The summed E-state index contributed by atoms with van der Waals surface area (Å²) < 4.78 is 18.2. The normalized spacial score (nSPS) is 10.9. The van der Waals surface area contributed by atoms with Gasteiger partial charge in [0.15, 0.2) is 0 Å². The number of carbonyl (C=O) groups excluding carboxylic acids is 1. The van der Waals surface area contributed by atoms with Crippen LogP contribution in [0.5, 0.6) is 0 Å². The average Bonchev–Trinajstić information content (AvgIpc) is 3.20. The van der Waals surface area contributed by atoms with Crippen molar-refractivity contribution in [3.05, 3.63) is 84.0 Å². The summed E-state index contributed by atoms with van der Waals surface area (Å²) in [5.41, 5.74) is 1.74. The lowest BCUT2D eigenvalue weighted by atomic mass is 10.0. The van der Waals surface area contributed by atoms with Crippen LogP contribution in [-0.2, 0) is 17.8 Å². The zero-order chi connectivity index (χ0) is 19.3. The number of hydrogen-bond acceptors (Lipinski definition) is 4. The smallest absolute Gasteiger partial charge is 0.227 e. The zero-order valence-electron chi connectivity index (χ0n) is 15.1. The highest BCUT2D eigenvalue weighted by Crippen LogP contribution is 2.19. The molecule has 3 aromatic carbocycles. The number of carbonyl (C=O) groups is 1. The predicted octanol–water partition coefficient (Wildman–Crippen LogP) is 4.28. The maximum atomic E-state index is 13.0. The van der Waals surface area contributed by atoms with E-state index in [0.717, 1.165) is 16.3 Å². The van der Waals surface area contributed by atoms with Crippen LogP contribution in [0.1, 0.15) is 17.9 Å². The maximum Gasteiger partial charge on any atom is 0.227 e. The number of rotatable bonds is 6. The van der Waals surface area contributed by atoms with E-state index in [-0.39, 0.29) is 18.1 Å². The quantitative estimate of drug-likeness (QED) is 0.546. The molecule has 0 atom stereocenters. The van der Waals surface area contributed by atoms with Crippen LogP contribution in [0.3, 0.4) is 0 Å². The third-order valence-electron chi connectivity index (χ3n) is 4.49. The van der Waals surface area contributed by atoms with E-state index in [0.29, 0.717) is 30.2 Å². The number of aromatic nitrogens is 2. The molecule has 0 aliphatic heterocycles. The number of fused-ring (bicyclic) bond motifs is 1. The van der Waals surface area contributed by atoms with Gasteiger partial charge in [-0.05, 0) is 40.6 Å². The highest BCUT2D eigenvalue weighted by Gasteiger charge is 2.11. The second-order valence-electron chi connectivity index (χ2n) is 6.43. The molecule has 28 heavy (non-hydrogen) atoms. The molecule has 0 saturated heterocycles. The molecular weight excluding hydrogens is 357 g/mol. The molecular formula is C22H18FN3O2. The Labute approximate surface area is 161 Å². The van der Waals surface area contributed by atoms with Gasteiger partial charge >= 0.3 is 0 Å². The van der Waals surface area contributed by atoms with Crippen LogP contribution in [0.15, 0.2) is 71.3 Å². The number of aryl methyl sites for hydroxylation is 1. The van der Waals surface area contributed by atoms with Crippen LogP contribution in [0.4, 0.5) is 4.39 Å². The summed E-state index contributed by atoms with van der Waals surface area (Å²) in [5, 5.41) is 9.09.